The molecular formula is C21H33IN4O4. The predicted octanol–water partition coefficient (Wildman–Crippen LogP) is 2.28. The van der Waals surface area contributed by atoms with Gasteiger partial charge in [-0.1, -0.05) is 6.07 Å². The van der Waals surface area contributed by atoms with Gasteiger partial charge in [0.25, 0.3) is 5.91 Å². The SMILES string of the molecule is CCNC(=NCCNC(=O)c1cccc(OC)c1)N1CCCC(C(=O)OCC)C1.I. The van der Waals surface area contributed by atoms with Gasteiger partial charge in [-0.15, -0.1) is 24.0 Å². The van der Waals surface area contributed by atoms with Crippen LogP contribution in [0.4, 0.5) is 0 Å². The van der Waals surface area contributed by atoms with E-state index in [0.29, 0.717) is 37.6 Å². The molecular weight excluding hydrogens is 499 g/mol. The summed E-state index contributed by atoms with van der Waals surface area (Å²) in [5.74, 6) is 0.979. The fraction of sp³-hybridized carbons (Fsp3) is 0.571. The van der Waals surface area contributed by atoms with Crippen LogP contribution in [0, 0.1) is 5.92 Å². The molecule has 1 aliphatic heterocycles. The molecule has 0 saturated carbocycles. The number of carbonyl (C=O) groups excluding carboxylic acids is 2. The number of aliphatic imine (C=N–C) groups is 1. The van der Waals surface area contributed by atoms with Crippen LogP contribution in [-0.4, -0.2) is 69.2 Å². The number of guanidine groups is 1. The first-order valence-corrected chi connectivity index (χ1v) is 10.2. The molecule has 2 N–H and O–H groups in total. The van der Waals surface area contributed by atoms with Crippen LogP contribution >= 0.6 is 24.0 Å². The van der Waals surface area contributed by atoms with Crippen LogP contribution in [0.15, 0.2) is 29.3 Å². The van der Waals surface area contributed by atoms with Gasteiger partial charge in [-0.2, -0.15) is 0 Å². The summed E-state index contributed by atoms with van der Waals surface area (Å²) in [7, 11) is 1.57. The summed E-state index contributed by atoms with van der Waals surface area (Å²) in [6, 6.07) is 7.03. The minimum Gasteiger partial charge on any atom is -0.497 e. The number of methoxy groups -OCH3 is 1. The Kier molecular flexibility index (Phi) is 12.2. The average Bonchev–Trinajstić information content (AvgIpc) is 2.76. The largest absolute Gasteiger partial charge is 0.497 e. The molecule has 1 amide bonds. The molecule has 1 aromatic carbocycles. The number of rotatable bonds is 8. The number of hydrogen-bond donors (Lipinski definition) is 2. The van der Waals surface area contributed by atoms with E-state index in [1.807, 2.05) is 13.8 Å². The Bertz CT molecular complexity index is 714. The van der Waals surface area contributed by atoms with Crippen molar-refractivity contribution < 1.29 is 19.1 Å². The molecule has 0 radical (unpaired) electrons. The molecule has 0 aliphatic carbocycles. The van der Waals surface area contributed by atoms with Crippen molar-refractivity contribution in [3.05, 3.63) is 29.8 Å². The Morgan fingerprint density at radius 2 is 2.07 bits per heavy atom. The summed E-state index contributed by atoms with van der Waals surface area (Å²) >= 11 is 0. The van der Waals surface area contributed by atoms with Crippen molar-refractivity contribution in [1.82, 2.24) is 15.5 Å². The molecule has 0 spiro atoms. The van der Waals surface area contributed by atoms with Crippen LogP contribution in [0.2, 0.25) is 0 Å². The van der Waals surface area contributed by atoms with Crippen LogP contribution in [0.5, 0.6) is 5.75 Å². The summed E-state index contributed by atoms with van der Waals surface area (Å²) in [5.41, 5.74) is 0.550. The first-order chi connectivity index (χ1) is 14.1. The Morgan fingerprint density at radius 1 is 1.27 bits per heavy atom. The normalized spacial score (nSPS) is 16.3. The maximum absolute atomic E-state index is 12.3. The Labute approximate surface area is 195 Å². The summed E-state index contributed by atoms with van der Waals surface area (Å²) in [5, 5.41) is 6.15. The Morgan fingerprint density at radius 3 is 2.77 bits per heavy atom. The molecule has 1 fully saturated rings. The van der Waals surface area contributed by atoms with E-state index in [1.165, 1.54) is 0 Å². The molecule has 1 unspecified atom stereocenters. The van der Waals surface area contributed by atoms with Gasteiger partial charge in [0.05, 0.1) is 26.2 Å². The van der Waals surface area contributed by atoms with Crippen LogP contribution in [0.25, 0.3) is 0 Å². The zero-order valence-electron chi connectivity index (χ0n) is 18.0. The van der Waals surface area contributed by atoms with E-state index in [2.05, 4.69) is 20.5 Å². The molecule has 2 rings (SSSR count). The number of amides is 1. The van der Waals surface area contributed by atoms with Crippen molar-refractivity contribution >= 4 is 41.8 Å². The van der Waals surface area contributed by atoms with Gasteiger partial charge in [0.15, 0.2) is 5.96 Å². The highest BCUT2D eigenvalue weighted by atomic mass is 127. The van der Waals surface area contributed by atoms with E-state index in [9.17, 15) is 9.59 Å². The van der Waals surface area contributed by atoms with E-state index >= 15 is 0 Å². The minimum absolute atomic E-state index is 0. The Balaban J connectivity index is 0.00000450. The fourth-order valence-electron chi connectivity index (χ4n) is 3.25. The number of nitrogens with zero attached hydrogens (tertiary/aromatic N) is 2. The number of likely N-dealkylation sites (tertiary alicyclic amines) is 1. The number of halogens is 1. The highest BCUT2D eigenvalue weighted by molar-refractivity contribution is 14.0. The van der Waals surface area contributed by atoms with Crippen molar-refractivity contribution in [2.75, 3.05) is 46.4 Å². The number of piperidine rings is 1. The van der Waals surface area contributed by atoms with Gasteiger partial charge in [-0.05, 0) is 44.9 Å². The first-order valence-electron chi connectivity index (χ1n) is 10.2. The second-order valence-corrected chi connectivity index (χ2v) is 6.76. The number of nitrogens with one attached hydrogen (secondary N) is 2. The van der Waals surface area contributed by atoms with Gasteiger partial charge in [-0.3, -0.25) is 14.6 Å². The number of ether oxygens (including phenoxy) is 2. The van der Waals surface area contributed by atoms with Gasteiger partial charge in [0.2, 0.25) is 0 Å². The zero-order valence-corrected chi connectivity index (χ0v) is 20.3. The fourth-order valence-corrected chi connectivity index (χ4v) is 3.25. The summed E-state index contributed by atoms with van der Waals surface area (Å²) < 4.78 is 10.3. The van der Waals surface area contributed by atoms with Crippen molar-refractivity contribution in [3.8, 4) is 5.75 Å². The lowest BCUT2D eigenvalue weighted by Crippen LogP contribution is -2.48. The third-order valence-electron chi connectivity index (χ3n) is 4.67. The number of hydrogen-bond acceptors (Lipinski definition) is 5. The van der Waals surface area contributed by atoms with E-state index < -0.39 is 0 Å². The molecule has 1 heterocycles. The second kappa shape index (κ2) is 14.1. The van der Waals surface area contributed by atoms with E-state index in [0.717, 1.165) is 31.9 Å². The number of benzene rings is 1. The van der Waals surface area contributed by atoms with E-state index in [4.69, 9.17) is 9.47 Å². The first kappa shape index (κ1) is 26.0. The second-order valence-electron chi connectivity index (χ2n) is 6.76. The van der Waals surface area contributed by atoms with Crippen LogP contribution in [0.1, 0.15) is 37.0 Å². The molecule has 1 aromatic rings. The minimum atomic E-state index is -0.163. The number of esters is 1. The predicted molar refractivity (Wildman–Crippen MR) is 128 cm³/mol. The van der Waals surface area contributed by atoms with Gasteiger partial charge < -0.3 is 25.0 Å². The van der Waals surface area contributed by atoms with Gasteiger partial charge in [0.1, 0.15) is 5.75 Å². The molecule has 9 heteroatoms. The maximum Gasteiger partial charge on any atom is 0.310 e. The van der Waals surface area contributed by atoms with Gasteiger partial charge in [0, 0.05) is 31.7 Å². The lowest BCUT2D eigenvalue weighted by atomic mass is 9.98. The lowest BCUT2D eigenvalue weighted by Gasteiger charge is -2.34. The quantitative estimate of drug-likeness (QED) is 0.176. The molecule has 0 aromatic heterocycles. The van der Waals surface area contributed by atoms with Crippen molar-refractivity contribution in [1.29, 1.82) is 0 Å². The topological polar surface area (TPSA) is 92.3 Å². The monoisotopic (exact) mass is 532 g/mol. The molecule has 168 valence electrons. The molecule has 30 heavy (non-hydrogen) atoms. The van der Waals surface area contributed by atoms with E-state index in [-0.39, 0.29) is 41.8 Å². The van der Waals surface area contributed by atoms with Gasteiger partial charge >= 0.3 is 5.97 Å². The lowest BCUT2D eigenvalue weighted by molar-refractivity contribution is -0.149. The molecule has 1 atom stereocenters. The summed E-state index contributed by atoms with van der Waals surface area (Å²) in [4.78, 5) is 31.1. The molecule has 8 nitrogen and oxygen atoms in total. The van der Waals surface area contributed by atoms with E-state index in [1.54, 1.807) is 31.4 Å². The van der Waals surface area contributed by atoms with Gasteiger partial charge in [-0.25, -0.2) is 0 Å². The molecule has 1 saturated heterocycles. The van der Waals surface area contributed by atoms with Crippen LogP contribution in [0.3, 0.4) is 0 Å². The third-order valence-corrected chi connectivity index (χ3v) is 4.67. The maximum atomic E-state index is 12.3. The highest BCUT2D eigenvalue weighted by Gasteiger charge is 2.28. The van der Waals surface area contributed by atoms with Crippen LogP contribution in [-0.2, 0) is 9.53 Å². The number of carbonyl (C=O) groups is 2. The summed E-state index contributed by atoms with van der Waals surface area (Å²) in [6.07, 6.45) is 1.76. The van der Waals surface area contributed by atoms with Crippen molar-refractivity contribution in [2.24, 2.45) is 10.9 Å². The standard InChI is InChI=1S/C21H32N4O4.HI/c1-4-22-21(25-13-7-9-17(15-25)20(27)29-5-2)24-12-11-23-19(26)16-8-6-10-18(14-16)28-3;/h6,8,10,14,17H,4-5,7,9,11-13,15H2,1-3H3,(H,22,24)(H,23,26);1H. The van der Waals surface area contributed by atoms with Crippen LogP contribution < -0.4 is 15.4 Å². The smallest absolute Gasteiger partial charge is 0.310 e. The average molecular weight is 532 g/mol. The van der Waals surface area contributed by atoms with Crippen molar-refractivity contribution in [3.63, 3.8) is 0 Å². The van der Waals surface area contributed by atoms with Crippen molar-refractivity contribution in [2.45, 2.75) is 26.7 Å². The highest BCUT2D eigenvalue weighted by Crippen LogP contribution is 2.18. The zero-order chi connectivity index (χ0) is 21.1. The molecule has 0 bridgehead atoms. The third kappa shape index (κ3) is 8.00. The molecule has 1 aliphatic rings. The summed E-state index contributed by atoms with van der Waals surface area (Å²) in [6.45, 7) is 7.26. The Hall–Kier alpha value is -2.04.